The highest BCUT2D eigenvalue weighted by molar-refractivity contribution is 7.81. The fourth-order valence-electron chi connectivity index (χ4n) is 3.81. The maximum absolute atomic E-state index is 14.7. The largest absolute Gasteiger partial charge is 0.360 e. The molecule has 2 aromatic rings. The van der Waals surface area contributed by atoms with E-state index in [4.69, 9.17) is 21.5 Å². The molecule has 9 heteroatoms. The molecule has 0 bridgehead atoms. The Bertz CT molecular complexity index is 1240. The second-order valence-corrected chi connectivity index (χ2v) is 7.51. The number of hydrogen-bond donors (Lipinski definition) is 1. The van der Waals surface area contributed by atoms with Crippen molar-refractivity contribution in [3.63, 3.8) is 0 Å². The lowest BCUT2D eigenvalue weighted by Gasteiger charge is -2.43. The Morgan fingerprint density at radius 3 is 2.73 bits per heavy atom. The number of nitrogens with zero attached hydrogens (tertiary/aromatic N) is 4. The van der Waals surface area contributed by atoms with Gasteiger partial charge in [-0.25, -0.2) is 4.39 Å². The fraction of sp³-hybridized carbons (Fsp3) is 0.286. The van der Waals surface area contributed by atoms with Gasteiger partial charge in [0.2, 0.25) is 0 Å². The normalized spacial score (nSPS) is 18.1. The smallest absolute Gasteiger partial charge is 0.272 e. The minimum atomic E-state index is -1.05. The first-order valence-corrected chi connectivity index (χ1v) is 9.64. The number of carbonyl (C=O) groups excluding carboxylic acids is 2. The number of rotatable bonds is 3. The summed E-state index contributed by atoms with van der Waals surface area (Å²) in [6.45, 7) is 8.71. The lowest BCUT2D eigenvalue weighted by atomic mass is 9.75. The molecule has 152 valence electrons. The van der Waals surface area contributed by atoms with Crippen LogP contribution in [0, 0.1) is 19.3 Å². The standard InChI is InChI=1S/C21H18FN5O2S/c1-12-9-14(11-25-17(12)23-2)26-19(29)21(7-4-8-21)27(20(26)30)13-5-6-15(16(22)10-13)18(28)24-3/h5-6,9-11H,4,7-8H2,1,3H3,(H,24,28)/i9D,11D. The zero-order valence-corrected chi connectivity index (χ0v) is 17.1. The summed E-state index contributed by atoms with van der Waals surface area (Å²) < 4.78 is 31.4. The molecule has 0 radical (unpaired) electrons. The number of amides is 2. The first-order chi connectivity index (χ1) is 15.2. The van der Waals surface area contributed by atoms with Crippen LogP contribution in [-0.2, 0) is 4.79 Å². The summed E-state index contributed by atoms with van der Waals surface area (Å²) in [7, 11) is 1.40. The summed E-state index contributed by atoms with van der Waals surface area (Å²) >= 11 is 5.60. The summed E-state index contributed by atoms with van der Waals surface area (Å²) in [5.74, 6) is -1.83. The Balaban J connectivity index is 1.85. The molecule has 1 aliphatic carbocycles. The summed E-state index contributed by atoms with van der Waals surface area (Å²) in [6.07, 6.45) is 1.29. The highest BCUT2D eigenvalue weighted by Crippen LogP contribution is 2.48. The fourth-order valence-corrected chi connectivity index (χ4v) is 4.26. The average Bonchev–Trinajstić information content (AvgIpc) is 2.97. The van der Waals surface area contributed by atoms with Crippen molar-refractivity contribution in [3.05, 3.63) is 58.8 Å². The van der Waals surface area contributed by atoms with Gasteiger partial charge in [0.05, 0.1) is 12.6 Å². The van der Waals surface area contributed by atoms with Gasteiger partial charge >= 0.3 is 0 Å². The van der Waals surface area contributed by atoms with E-state index < -0.39 is 29.3 Å². The zero-order chi connectivity index (χ0) is 23.4. The average molecular weight is 425 g/mol. The van der Waals surface area contributed by atoms with Crippen molar-refractivity contribution in [2.45, 2.75) is 31.7 Å². The monoisotopic (exact) mass is 425 g/mol. The number of pyridine rings is 1. The Morgan fingerprint density at radius 2 is 2.17 bits per heavy atom. The molecule has 1 aromatic carbocycles. The van der Waals surface area contributed by atoms with Crippen LogP contribution in [0.15, 0.2) is 30.4 Å². The van der Waals surface area contributed by atoms with Crippen LogP contribution in [0.3, 0.4) is 0 Å². The number of benzene rings is 1. The van der Waals surface area contributed by atoms with Crippen LogP contribution in [0.2, 0.25) is 0 Å². The molecule has 4 rings (SSSR count). The van der Waals surface area contributed by atoms with Crippen LogP contribution in [0.25, 0.3) is 4.85 Å². The van der Waals surface area contributed by atoms with Crippen LogP contribution < -0.4 is 15.1 Å². The number of thiocarbonyl (C=S) groups is 1. The first kappa shape index (κ1) is 17.5. The van der Waals surface area contributed by atoms with Crippen molar-refractivity contribution in [2.75, 3.05) is 16.8 Å². The maximum Gasteiger partial charge on any atom is 0.272 e. The molecule has 7 nitrogen and oxygen atoms in total. The third-order valence-electron chi connectivity index (χ3n) is 5.51. The van der Waals surface area contributed by atoms with E-state index >= 15 is 0 Å². The number of halogens is 1. The molecule has 2 fully saturated rings. The quantitative estimate of drug-likeness (QED) is 0.602. The number of anilines is 2. The van der Waals surface area contributed by atoms with Gasteiger partial charge in [0.1, 0.15) is 18.9 Å². The van der Waals surface area contributed by atoms with Crippen molar-refractivity contribution in [1.29, 1.82) is 0 Å². The van der Waals surface area contributed by atoms with Crippen molar-refractivity contribution in [1.82, 2.24) is 10.3 Å². The SMILES string of the molecule is [2H]c1nc([N+]#[C-])c(C)c([2H])c1N1C(=O)C2(CCC2)N(c2ccc(C(=O)NC)c(F)c2)C1=S. The van der Waals surface area contributed by atoms with E-state index in [0.717, 1.165) is 17.4 Å². The molecule has 1 aliphatic heterocycles. The second-order valence-electron chi connectivity index (χ2n) is 7.14. The van der Waals surface area contributed by atoms with Gasteiger partial charge in [-0.15, -0.1) is 4.98 Å². The number of aromatic nitrogens is 1. The summed E-state index contributed by atoms with van der Waals surface area (Å²) in [4.78, 5) is 35.2. The molecule has 0 atom stereocenters. The van der Waals surface area contributed by atoms with Gasteiger partial charge in [-0.1, -0.05) is 6.57 Å². The predicted octanol–water partition coefficient (Wildman–Crippen LogP) is 3.50. The molecule has 1 saturated heterocycles. The minimum absolute atomic E-state index is 0.000514. The van der Waals surface area contributed by atoms with E-state index in [-0.39, 0.29) is 33.8 Å². The van der Waals surface area contributed by atoms with Crippen LogP contribution in [-0.4, -0.2) is 34.5 Å². The highest BCUT2D eigenvalue weighted by atomic mass is 32.1. The van der Waals surface area contributed by atoms with Crippen LogP contribution >= 0.6 is 12.2 Å². The van der Waals surface area contributed by atoms with Crippen LogP contribution in [0.5, 0.6) is 0 Å². The van der Waals surface area contributed by atoms with E-state index in [1.165, 1.54) is 26.1 Å². The van der Waals surface area contributed by atoms with Gasteiger partial charge in [-0.2, -0.15) is 0 Å². The molecule has 1 N–H and O–H groups in total. The molecular weight excluding hydrogens is 405 g/mol. The van der Waals surface area contributed by atoms with Gasteiger partial charge < -0.3 is 15.1 Å². The molecule has 1 saturated carbocycles. The zero-order valence-electron chi connectivity index (χ0n) is 18.2. The second kappa shape index (κ2) is 7.15. The lowest BCUT2D eigenvalue weighted by Crippen LogP contribution is -2.55. The summed E-state index contributed by atoms with van der Waals surface area (Å²) in [5, 5.41) is 2.37. The Kier molecular flexibility index (Phi) is 4.16. The maximum atomic E-state index is 14.7. The molecule has 2 aliphatic rings. The molecule has 1 aromatic heterocycles. The molecular formula is C21H18FN5O2S. The van der Waals surface area contributed by atoms with Gasteiger partial charge in [0.25, 0.3) is 17.6 Å². The Labute approximate surface area is 181 Å². The Hall–Kier alpha value is -3.38. The van der Waals surface area contributed by atoms with E-state index in [1.54, 1.807) is 4.90 Å². The topological polar surface area (TPSA) is 69.9 Å². The van der Waals surface area contributed by atoms with Crippen LogP contribution in [0.1, 0.15) is 37.9 Å². The number of carbonyl (C=O) groups is 2. The minimum Gasteiger partial charge on any atom is -0.360 e. The van der Waals surface area contributed by atoms with E-state index in [9.17, 15) is 14.0 Å². The Morgan fingerprint density at radius 1 is 1.43 bits per heavy atom. The lowest BCUT2D eigenvalue weighted by molar-refractivity contribution is -0.123. The molecule has 2 heterocycles. The van der Waals surface area contributed by atoms with Gasteiger partial charge in [-0.05, 0) is 68.2 Å². The van der Waals surface area contributed by atoms with E-state index in [0.29, 0.717) is 18.5 Å². The third-order valence-corrected chi connectivity index (χ3v) is 5.88. The van der Waals surface area contributed by atoms with E-state index in [1.807, 2.05) is 0 Å². The van der Waals surface area contributed by atoms with Gasteiger partial charge in [0, 0.05) is 12.7 Å². The first-order valence-electron chi connectivity index (χ1n) is 10.2. The van der Waals surface area contributed by atoms with Gasteiger partial charge in [-0.3, -0.25) is 14.5 Å². The van der Waals surface area contributed by atoms with Crippen molar-refractivity contribution in [3.8, 4) is 0 Å². The summed E-state index contributed by atoms with van der Waals surface area (Å²) in [6, 6.07) is 3.83. The van der Waals surface area contributed by atoms with Gasteiger partial charge in [0.15, 0.2) is 5.11 Å². The highest BCUT2D eigenvalue weighted by Gasteiger charge is 2.59. The third kappa shape index (κ3) is 2.75. The van der Waals surface area contributed by atoms with Crippen molar-refractivity contribution < 1.29 is 16.7 Å². The van der Waals surface area contributed by atoms with Crippen LogP contribution in [0.4, 0.5) is 21.6 Å². The molecule has 0 unspecified atom stereocenters. The predicted molar refractivity (Wildman–Crippen MR) is 114 cm³/mol. The van der Waals surface area contributed by atoms with E-state index in [2.05, 4.69) is 15.1 Å². The molecule has 1 spiro atoms. The van der Waals surface area contributed by atoms with Crippen molar-refractivity contribution >= 4 is 46.3 Å². The van der Waals surface area contributed by atoms with Crippen molar-refractivity contribution in [2.24, 2.45) is 0 Å². The number of hydrogen-bond acceptors (Lipinski definition) is 4. The number of nitrogens with one attached hydrogen (secondary N) is 1. The summed E-state index contributed by atoms with van der Waals surface area (Å²) in [5.41, 5.74) is -0.742. The molecule has 2 amide bonds. The molecule has 30 heavy (non-hydrogen) atoms.